The van der Waals surface area contributed by atoms with E-state index < -0.39 is 0 Å². The van der Waals surface area contributed by atoms with Crippen LogP contribution in [0.25, 0.3) is 65.4 Å². The molecule has 3 heteroatoms. The summed E-state index contributed by atoms with van der Waals surface area (Å²) in [5.74, 6) is 3.09. The summed E-state index contributed by atoms with van der Waals surface area (Å²) in [5, 5.41) is 9.80. The highest BCUT2D eigenvalue weighted by Gasteiger charge is 2.62. The van der Waals surface area contributed by atoms with Crippen LogP contribution in [-0.2, 0) is 5.41 Å². The maximum absolute atomic E-state index is 6.74. The molecule has 4 saturated carbocycles. The van der Waals surface area contributed by atoms with E-state index in [2.05, 4.69) is 204 Å². The van der Waals surface area contributed by atoms with Gasteiger partial charge in [0.2, 0.25) is 0 Å². The van der Waals surface area contributed by atoms with Gasteiger partial charge in [-0.15, -0.1) is 0 Å². The maximum atomic E-state index is 6.74. The van der Waals surface area contributed by atoms with Crippen LogP contribution in [0.1, 0.15) is 43.2 Å². The van der Waals surface area contributed by atoms with Gasteiger partial charge in [0, 0.05) is 38.3 Å². The minimum Gasteiger partial charge on any atom is -0.454 e. The van der Waals surface area contributed by atoms with Crippen molar-refractivity contribution >= 4 is 88.4 Å². The average molecular weight is 835 g/mol. The summed E-state index contributed by atoms with van der Waals surface area (Å²) in [5.41, 5.74) is 14.8. The fourth-order valence-electron chi connectivity index (χ4n) is 14.4. The highest BCUT2D eigenvalue weighted by Crippen LogP contribution is 2.71. The molecule has 4 bridgehead atoms. The van der Waals surface area contributed by atoms with Crippen molar-refractivity contribution in [1.82, 2.24) is 0 Å². The number of fused-ring (bicyclic) bond motifs is 6. The molecule has 0 unspecified atom stereocenters. The summed E-state index contributed by atoms with van der Waals surface area (Å²) >= 11 is 0. The molecule has 0 atom stereocenters. The van der Waals surface area contributed by atoms with Crippen molar-refractivity contribution in [1.29, 1.82) is 0 Å². The molecule has 0 amide bonds. The molecule has 1 heterocycles. The van der Waals surface area contributed by atoms with E-state index in [0.717, 1.165) is 50.8 Å². The molecule has 65 heavy (non-hydrogen) atoms. The third kappa shape index (κ3) is 4.85. The van der Waals surface area contributed by atoms with E-state index in [4.69, 9.17) is 4.42 Å². The molecule has 0 saturated heterocycles. The lowest BCUT2D eigenvalue weighted by Gasteiger charge is -2.61. The van der Waals surface area contributed by atoms with Crippen LogP contribution in [0, 0.1) is 23.7 Å². The highest BCUT2D eigenvalue weighted by molar-refractivity contribution is 6.28. The monoisotopic (exact) mass is 834 g/mol. The predicted octanol–water partition coefficient (Wildman–Crippen LogP) is 17.1. The summed E-state index contributed by atoms with van der Waals surface area (Å²) < 4.78 is 6.74. The lowest BCUT2D eigenvalue weighted by molar-refractivity contribution is -0.0397. The highest BCUT2D eigenvalue weighted by atomic mass is 16.3. The Morgan fingerprint density at radius 1 is 0.385 bits per heavy atom. The second kappa shape index (κ2) is 13.3. The van der Waals surface area contributed by atoms with Gasteiger partial charge < -0.3 is 14.2 Å². The van der Waals surface area contributed by atoms with Crippen LogP contribution in [0.4, 0.5) is 34.1 Å². The van der Waals surface area contributed by atoms with E-state index in [1.54, 1.807) is 11.1 Å². The molecule has 10 aromatic carbocycles. The second-order valence-corrected chi connectivity index (χ2v) is 19.6. The minimum atomic E-state index is 0.0191. The zero-order chi connectivity index (χ0) is 42.4. The standard InChI is InChI=1S/C62H46N2O/c1-3-13-44(14-4-1)63(55-22-11-19-48-46-17-7-9-21-52(46)62(60(48)55)42-34-38-33-39(36-42)37-43(62)35-38)53-31-27-40-26-30-51-54(32-28-41-25-29-50(53)58(40)59(41)51)64(45-15-5-2-6-16-45)56-23-12-20-49-47-18-8-10-24-57(47)65-61(49)56/h1-32,38-39,42-43H,33-37H2. The van der Waals surface area contributed by atoms with Crippen molar-refractivity contribution in [2.24, 2.45) is 23.7 Å². The van der Waals surface area contributed by atoms with Crippen LogP contribution in [-0.4, -0.2) is 0 Å². The Balaban J connectivity index is 0.984. The number of rotatable bonds is 6. The fraction of sp³-hybridized carbons (Fsp3) is 0.161. The number of hydrogen-bond acceptors (Lipinski definition) is 3. The van der Waals surface area contributed by atoms with E-state index in [9.17, 15) is 0 Å². The first-order chi connectivity index (χ1) is 32.2. The first-order valence-corrected chi connectivity index (χ1v) is 23.8. The predicted molar refractivity (Wildman–Crippen MR) is 270 cm³/mol. The van der Waals surface area contributed by atoms with Crippen molar-refractivity contribution in [3.63, 3.8) is 0 Å². The van der Waals surface area contributed by atoms with Gasteiger partial charge in [-0.3, -0.25) is 0 Å². The summed E-state index contributed by atoms with van der Waals surface area (Å²) in [7, 11) is 0. The first kappa shape index (κ1) is 36.0. The Morgan fingerprint density at radius 3 is 1.58 bits per heavy atom. The molecule has 1 spiro atoms. The molecule has 3 nitrogen and oxygen atoms in total. The SMILES string of the molecule is c1ccc(N(c2cccc3c2C2(c4ccccc4-3)C3CC4CC(C3)CC2C4)c2ccc3ccc4c(N(c5ccccc5)c5cccc6c5oc5ccccc56)ccc5ccc2c3c54)cc1. The molecule has 16 rings (SSSR count). The van der Waals surface area contributed by atoms with Crippen LogP contribution >= 0.6 is 0 Å². The topological polar surface area (TPSA) is 19.6 Å². The second-order valence-electron chi connectivity index (χ2n) is 19.6. The van der Waals surface area contributed by atoms with E-state index >= 15 is 0 Å². The number of anilines is 6. The van der Waals surface area contributed by atoms with Gasteiger partial charge in [-0.25, -0.2) is 0 Å². The fourth-order valence-corrected chi connectivity index (χ4v) is 14.4. The van der Waals surface area contributed by atoms with E-state index in [1.165, 1.54) is 92.6 Å². The molecular formula is C62H46N2O. The van der Waals surface area contributed by atoms with Crippen molar-refractivity contribution in [2.75, 3.05) is 9.80 Å². The summed E-state index contributed by atoms with van der Waals surface area (Å²) in [4.78, 5) is 5.05. The van der Waals surface area contributed by atoms with Gasteiger partial charge in [0.05, 0.1) is 22.7 Å². The van der Waals surface area contributed by atoms with Crippen molar-refractivity contribution in [2.45, 2.75) is 37.5 Å². The van der Waals surface area contributed by atoms with Gasteiger partial charge >= 0.3 is 0 Å². The Morgan fingerprint density at radius 2 is 0.908 bits per heavy atom. The Kier molecular flexibility index (Phi) is 7.40. The van der Waals surface area contributed by atoms with Crippen molar-refractivity contribution in [3.8, 4) is 11.1 Å². The lowest BCUT2D eigenvalue weighted by atomic mass is 9.43. The van der Waals surface area contributed by atoms with Crippen LogP contribution < -0.4 is 9.80 Å². The largest absolute Gasteiger partial charge is 0.454 e. The molecular weight excluding hydrogens is 789 g/mol. The van der Waals surface area contributed by atoms with Crippen molar-refractivity contribution in [3.05, 3.63) is 205 Å². The van der Waals surface area contributed by atoms with Crippen LogP contribution in [0.2, 0.25) is 0 Å². The molecule has 5 aliphatic rings. The van der Waals surface area contributed by atoms with Gasteiger partial charge in [-0.1, -0.05) is 140 Å². The van der Waals surface area contributed by atoms with Crippen LogP contribution in [0.5, 0.6) is 0 Å². The number of furan rings is 1. The minimum absolute atomic E-state index is 0.0191. The molecule has 11 aromatic rings. The van der Waals surface area contributed by atoms with Gasteiger partial charge in [-0.2, -0.15) is 0 Å². The van der Waals surface area contributed by atoms with E-state index in [1.807, 2.05) is 0 Å². The molecule has 310 valence electrons. The first-order valence-electron chi connectivity index (χ1n) is 23.8. The third-order valence-corrected chi connectivity index (χ3v) is 16.5. The number of para-hydroxylation sites is 4. The molecule has 5 aliphatic carbocycles. The summed E-state index contributed by atoms with van der Waals surface area (Å²) in [6.07, 6.45) is 6.86. The molecule has 0 radical (unpaired) electrons. The number of benzene rings is 10. The maximum Gasteiger partial charge on any atom is 0.159 e. The number of nitrogens with zero attached hydrogens (tertiary/aromatic N) is 2. The Labute approximate surface area is 378 Å². The molecule has 0 aliphatic heterocycles. The van der Waals surface area contributed by atoms with Gasteiger partial charge in [0.1, 0.15) is 5.58 Å². The zero-order valence-electron chi connectivity index (χ0n) is 36.1. The average Bonchev–Trinajstić information content (AvgIpc) is 3.89. The zero-order valence-corrected chi connectivity index (χ0v) is 36.1. The van der Waals surface area contributed by atoms with Gasteiger partial charge in [-0.05, 0) is 154 Å². The van der Waals surface area contributed by atoms with E-state index in [0.29, 0.717) is 11.8 Å². The molecule has 1 aromatic heterocycles. The number of hydrogen-bond donors (Lipinski definition) is 0. The summed E-state index contributed by atoms with van der Waals surface area (Å²) in [6.45, 7) is 0. The Bertz CT molecular complexity index is 3670. The van der Waals surface area contributed by atoms with Gasteiger partial charge in [0.15, 0.2) is 5.58 Å². The van der Waals surface area contributed by atoms with Crippen LogP contribution in [0.3, 0.4) is 0 Å². The lowest BCUT2D eigenvalue weighted by Crippen LogP contribution is -2.55. The van der Waals surface area contributed by atoms with Crippen LogP contribution in [0.15, 0.2) is 199 Å². The third-order valence-electron chi connectivity index (χ3n) is 16.5. The normalized spacial score (nSPS) is 21.6. The smallest absolute Gasteiger partial charge is 0.159 e. The van der Waals surface area contributed by atoms with Gasteiger partial charge in [0.25, 0.3) is 0 Å². The molecule has 0 N–H and O–H groups in total. The quantitative estimate of drug-likeness (QED) is 0.156. The summed E-state index contributed by atoms with van der Waals surface area (Å²) in [6, 6.07) is 72.5. The van der Waals surface area contributed by atoms with E-state index in [-0.39, 0.29) is 5.41 Å². The Hall–Kier alpha value is -7.36. The molecule has 4 fully saturated rings. The van der Waals surface area contributed by atoms with Crippen molar-refractivity contribution < 1.29 is 4.42 Å².